The first-order valence-corrected chi connectivity index (χ1v) is 5.39. The van der Waals surface area contributed by atoms with E-state index in [4.69, 9.17) is 0 Å². The van der Waals surface area contributed by atoms with Crippen LogP contribution in [0.4, 0.5) is 0 Å². The van der Waals surface area contributed by atoms with E-state index in [1.807, 2.05) is 0 Å². The van der Waals surface area contributed by atoms with E-state index in [0.717, 1.165) is 40.9 Å². The first-order valence-electron chi connectivity index (χ1n) is 5.39. The van der Waals surface area contributed by atoms with Crippen LogP contribution in [0.25, 0.3) is 0 Å². The van der Waals surface area contributed by atoms with Crippen molar-refractivity contribution in [2.24, 2.45) is 40.9 Å². The summed E-state index contributed by atoms with van der Waals surface area (Å²) in [7, 11) is 0. The Morgan fingerprint density at radius 2 is 1.50 bits per heavy atom. The monoisotopic (exact) mass is 160 g/mol. The Morgan fingerprint density at radius 1 is 1.00 bits per heavy atom. The van der Waals surface area contributed by atoms with E-state index in [1.54, 1.807) is 0 Å². The summed E-state index contributed by atoms with van der Waals surface area (Å²) in [5.41, 5.74) is 0.734. The number of fused-ring (bicyclic) bond motifs is 8. The summed E-state index contributed by atoms with van der Waals surface area (Å²) < 4.78 is 0. The van der Waals surface area contributed by atoms with Gasteiger partial charge >= 0.3 is 0 Å². The fraction of sp³-hybridized carbons (Fsp3) is 0.833. The minimum Gasteiger partial charge on any atom is -0.0848 e. The van der Waals surface area contributed by atoms with E-state index in [0.29, 0.717) is 0 Å². The SMILES string of the molecule is CC1(C)[C@@H]2[C@@H]3[C@H]([C@@H]21)[C@H]1C=C[C@@H]3C1. The lowest BCUT2D eigenvalue weighted by atomic mass is 9.68. The zero-order chi connectivity index (χ0) is 8.09. The number of rotatable bonds is 0. The number of hydrogen-bond acceptors (Lipinski definition) is 0. The van der Waals surface area contributed by atoms with Crippen molar-refractivity contribution in [2.75, 3.05) is 0 Å². The first kappa shape index (κ1) is 6.23. The molecule has 0 heteroatoms. The lowest BCUT2D eigenvalue weighted by Crippen LogP contribution is -2.32. The summed E-state index contributed by atoms with van der Waals surface area (Å²) in [6, 6.07) is 0. The molecular formula is C12H16. The van der Waals surface area contributed by atoms with Gasteiger partial charge in [-0.2, -0.15) is 0 Å². The molecule has 0 aromatic rings. The highest BCUT2D eigenvalue weighted by atomic mass is 14.8. The Bertz CT molecular complexity index is 260. The lowest BCUT2D eigenvalue weighted by molar-refractivity contribution is 0.140. The van der Waals surface area contributed by atoms with Gasteiger partial charge in [0.05, 0.1) is 0 Å². The van der Waals surface area contributed by atoms with Crippen molar-refractivity contribution in [3.05, 3.63) is 12.2 Å². The van der Waals surface area contributed by atoms with Crippen molar-refractivity contribution in [3.8, 4) is 0 Å². The smallest absolute Gasteiger partial charge is 0.0193 e. The van der Waals surface area contributed by atoms with Gasteiger partial charge in [0.1, 0.15) is 0 Å². The van der Waals surface area contributed by atoms with Crippen molar-refractivity contribution in [1.82, 2.24) is 0 Å². The van der Waals surface area contributed by atoms with Gasteiger partial charge in [-0.1, -0.05) is 26.0 Å². The van der Waals surface area contributed by atoms with E-state index < -0.39 is 0 Å². The molecule has 12 heavy (non-hydrogen) atoms. The minimum absolute atomic E-state index is 0.734. The molecule has 0 radical (unpaired) electrons. The molecule has 3 saturated carbocycles. The molecule has 0 N–H and O–H groups in total. The maximum atomic E-state index is 2.51. The third-order valence-corrected chi connectivity index (χ3v) is 5.41. The largest absolute Gasteiger partial charge is 0.0848 e. The molecule has 0 saturated heterocycles. The Balaban J connectivity index is 1.78. The second-order valence-electron chi connectivity index (χ2n) is 5.98. The van der Waals surface area contributed by atoms with Crippen LogP contribution < -0.4 is 0 Å². The molecule has 3 fully saturated rings. The topological polar surface area (TPSA) is 0 Å². The first-order chi connectivity index (χ1) is 5.71. The number of hydrogen-bond donors (Lipinski definition) is 0. The maximum absolute atomic E-state index is 2.51. The van der Waals surface area contributed by atoms with Gasteiger partial charge in [-0.3, -0.25) is 0 Å². The minimum atomic E-state index is 0.734. The van der Waals surface area contributed by atoms with Crippen LogP contribution in [-0.2, 0) is 0 Å². The van der Waals surface area contributed by atoms with Crippen molar-refractivity contribution in [1.29, 1.82) is 0 Å². The summed E-state index contributed by atoms with van der Waals surface area (Å²) in [5.74, 6) is 6.51. The molecule has 4 aliphatic carbocycles. The Hall–Kier alpha value is -0.260. The van der Waals surface area contributed by atoms with E-state index in [1.165, 1.54) is 6.42 Å². The highest BCUT2D eigenvalue weighted by Gasteiger charge is 2.78. The molecule has 0 amide bonds. The molecule has 0 heterocycles. The summed E-state index contributed by atoms with van der Waals surface area (Å²) in [4.78, 5) is 0. The van der Waals surface area contributed by atoms with Gasteiger partial charge in [0.2, 0.25) is 0 Å². The van der Waals surface area contributed by atoms with Gasteiger partial charge in [0.25, 0.3) is 0 Å². The Morgan fingerprint density at radius 3 is 2.00 bits per heavy atom. The lowest BCUT2D eigenvalue weighted by Gasteiger charge is -2.36. The van der Waals surface area contributed by atoms with E-state index in [9.17, 15) is 0 Å². The number of allylic oxidation sites excluding steroid dienone is 2. The van der Waals surface area contributed by atoms with Crippen LogP contribution in [0.1, 0.15) is 20.3 Å². The van der Waals surface area contributed by atoms with Gasteiger partial charge in [-0.15, -0.1) is 0 Å². The Kier molecular flexibility index (Phi) is 0.740. The van der Waals surface area contributed by atoms with Crippen LogP contribution in [0.2, 0.25) is 0 Å². The fourth-order valence-electron chi connectivity index (χ4n) is 4.95. The fourth-order valence-corrected chi connectivity index (χ4v) is 4.95. The predicted molar refractivity (Wildman–Crippen MR) is 48.5 cm³/mol. The molecule has 0 spiro atoms. The van der Waals surface area contributed by atoms with Crippen LogP contribution in [0.15, 0.2) is 12.2 Å². The van der Waals surface area contributed by atoms with Crippen LogP contribution >= 0.6 is 0 Å². The third kappa shape index (κ3) is 0.407. The van der Waals surface area contributed by atoms with Crippen LogP contribution in [0.3, 0.4) is 0 Å². The van der Waals surface area contributed by atoms with Crippen molar-refractivity contribution >= 4 is 0 Å². The maximum Gasteiger partial charge on any atom is -0.0193 e. The van der Waals surface area contributed by atoms with Crippen LogP contribution in [-0.4, -0.2) is 0 Å². The average Bonchev–Trinajstić information content (AvgIpc) is 2.28. The molecule has 2 bridgehead atoms. The molecule has 0 nitrogen and oxygen atoms in total. The standard InChI is InChI=1S/C12H16/c1-12(2)10-8-6-3-4-7(5-6)9(8)11(10)12/h3-4,6-11H,5H2,1-2H3/t6-,7+,8+,9-,10-,11+. The molecule has 0 aromatic heterocycles. The Labute approximate surface area is 74.0 Å². The highest BCUT2D eigenvalue weighted by Crippen LogP contribution is 2.82. The zero-order valence-electron chi connectivity index (χ0n) is 7.83. The van der Waals surface area contributed by atoms with Gasteiger partial charge in [-0.05, 0) is 47.3 Å². The summed E-state index contributed by atoms with van der Waals surface area (Å²) in [5, 5.41) is 0. The summed E-state index contributed by atoms with van der Waals surface area (Å²) in [6.45, 7) is 4.97. The molecule has 4 rings (SSSR count). The quantitative estimate of drug-likeness (QED) is 0.478. The van der Waals surface area contributed by atoms with Crippen LogP contribution in [0.5, 0.6) is 0 Å². The summed E-state index contributed by atoms with van der Waals surface area (Å²) in [6.07, 6.45) is 6.53. The summed E-state index contributed by atoms with van der Waals surface area (Å²) >= 11 is 0. The third-order valence-electron chi connectivity index (χ3n) is 5.41. The van der Waals surface area contributed by atoms with Gasteiger partial charge < -0.3 is 0 Å². The molecule has 64 valence electrons. The molecule has 0 unspecified atom stereocenters. The predicted octanol–water partition coefficient (Wildman–Crippen LogP) is 2.71. The van der Waals surface area contributed by atoms with Crippen molar-refractivity contribution in [2.45, 2.75) is 20.3 Å². The average molecular weight is 160 g/mol. The molecule has 0 aromatic carbocycles. The second kappa shape index (κ2) is 1.42. The van der Waals surface area contributed by atoms with Gasteiger partial charge in [0, 0.05) is 0 Å². The molecule has 4 aliphatic rings. The van der Waals surface area contributed by atoms with Crippen LogP contribution in [0, 0.1) is 40.9 Å². The van der Waals surface area contributed by atoms with Gasteiger partial charge in [0.15, 0.2) is 0 Å². The van der Waals surface area contributed by atoms with Crippen molar-refractivity contribution < 1.29 is 0 Å². The molecule has 6 atom stereocenters. The van der Waals surface area contributed by atoms with E-state index in [-0.39, 0.29) is 0 Å². The molecular weight excluding hydrogens is 144 g/mol. The van der Waals surface area contributed by atoms with E-state index in [2.05, 4.69) is 26.0 Å². The van der Waals surface area contributed by atoms with Gasteiger partial charge in [-0.25, -0.2) is 0 Å². The highest BCUT2D eigenvalue weighted by molar-refractivity contribution is 5.31. The zero-order valence-corrected chi connectivity index (χ0v) is 7.83. The normalized spacial score (nSPS) is 67.2. The van der Waals surface area contributed by atoms with Crippen molar-refractivity contribution in [3.63, 3.8) is 0 Å². The van der Waals surface area contributed by atoms with E-state index >= 15 is 0 Å². The molecule has 0 aliphatic heterocycles. The second-order valence-corrected chi connectivity index (χ2v) is 5.98.